The summed E-state index contributed by atoms with van der Waals surface area (Å²) in [6, 6.07) is 0. The SMILES string of the molecule is O=C1N(Br)C(=O)C(I)(I)C1(I)I. The quantitative estimate of drug-likeness (QED) is 0.171. The number of amides is 2. The van der Waals surface area contributed by atoms with Gasteiger partial charge in [-0.15, -0.1) is 0 Å². The molecule has 0 spiro atoms. The summed E-state index contributed by atoms with van der Waals surface area (Å²) >= 11 is 10.9. The Morgan fingerprint density at radius 3 is 1.33 bits per heavy atom. The molecule has 1 aliphatic rings. The zero-order valence-electron chi connectivity index (χ0n) is 5.15. The van der Waals surface area contributed by atoms with Crippen molar-refractivity contribution in [2.24, 2.45) is 0 Å². The minimum Gasteiger partial charge on any atom is -0.271 e. The second kappa shape index (κ2) is 3.84. The smallest absolute Gasteiger partial charge is 0.268 e. The molecule has 1 rings (SSSR count). The number of halogens is 5. The Morgan fingerprint density at radius 1 is 1.00 bits per heavy atom. The lowest BCUT2D eigenvalue weighted by molar-refractivity contribution is -0.131. The Morgan fingerprint density at radius 2 is 1.25 bits per heavy atom. The van der Waals surface area contributed by atoms with E-state index in [9.17, 15) is 9.59 Å². The summed E-state index contributed by atoms with van der Waals surface area (Å²) in [6.45, 7) is 0. The second-order valence-corrected chi connectivity index (χ2v) is 13.3. The largest absolute Gasteiger partial charge is 0.271 e. The Kier molecular flexibility index (Phi) is 4.04. The molecule has 0 N–H and O–H groups in total. The van der Waals surface area contributed by atoms with Crippen molar-refractivity contribution in [2.75, 3.05) is 0 Å². The highest BCUT2D eigenvalue weighted by Crippen LogP contribution is 2.56. The molecule has 1 saturated heterocycles. The van der Waals surface area contributed by atoms with Crippen LogP contribution in [-0.2, 0) is 9.59 Å². The fraction of sp³-hybridized carbons (Fsp3) is 0.500. The molecular formula is C4BrI4NO2. The van der Waals surface area contributed by atoms with Crippen LogP contribution in [0.1, 0.15) is 0 Å². The number of hydrogen-bond donors (Lipinski definition) is 0. The summed E-state index contributed by atoms with van der Waals surface area (Å²) in [4.78, 5) is 23.0. The van der Waals surface area contributed by atoms with E-state index in [1.54, 1.807) is 0 Å². The molecule has 0 aromatic carbocycles. The van der Waals surface area contributed by atoms with Gasteiger partial charge < -0.3 is 0 Å². The summed E-state index contributed by atoms with van der Waals surface area (Å²) < 4.78 is -0.404. The standard InChI is InChI=1S/C4BrI4NO2/c5-10-1(11)3(6,7)4(8,9)2(10)12. The predicted octanol–water partition coefficient (Wildman–Crippen LogP) is 2.80. The van der Waals surface area contributed by atoms with Gasteiger partial charge in [-0.05, 0) is 0 Å². The molecule has 12 heavy (non-hydrogen) atoms. The third kappa shape index (κ3) is 1.68. The highest BCUT2D eigenvalue weighted by molar-refractivity contribution is 14.2. The number of carbonyl (C=O) groups excluding carboxylic acids is 2. The molecule has 1 fully saturated rings. The molecule has 0 aromatic heterocycles. The molecule has 0 aliphatic carbocycles. The van der Waals surface area contributed by atoms with Gasteiger partial charge in [-0.3, -0.25) is 9.59 Å². The number of nitrogens with zero attached hydrogens (tertiary/aromatic N) is 1. The Hall–Kier alpha value is 2.54. The zero-order valence-corrected chi connectivity index (χ0v) is 15.4. The van der Waals surface area contributed by atoms with Crippen molar-refractivity contribution in [2.45, 2.75) is 2.86 Å². The lowest BCUT2D eigenvalue weighted by atomic mass is 10.4. The minimum absolute atomic E-state index is 0.211. The fourth-order valence-electron chi connectivity index (χ4n) is 0.607. The van der Waals surface area contributed by atoms with Crippen LogP contribution in [-0.4, -0.2) is 18.6 Å². The summed E-state index contributed by atoms with van der Waals surface area (Å²) in [7, 11) is 0. The van der Waals surface area contributed by atoms with Gasteiger partial charge in [0.15, 0.2) is 2.86 Å². The van der Waals surface area contributed by atoms with E-state index in [4.69, 9.17) is 0 Å². The summed E-state index contributed by atoms with van der Waals surface area (Å²) in [5.41, 5.74) is 0. The molecule has 0 unspecified atom stereocenters. The molecular weight excluding hydrogens is 682 g/mol. The molecule has 0 radical (unpaired) electrons. The number of imide groups is 1. The molecule has 3 nitrogen and oxygen atoms in total. The van der Waals surface area contributed by atoms with Gasteiger partial charge in [0.25, 0.3) is 11.8 Å². The third-order valence-corrected chi connectivity index (χ3v) is 11.1. The van der Waals surface area contributed by atoms with Crippen LogP contribution in [0.5, 0.6) is 0 Å². The van der Waals surface area contributed by atoms with Crippen molar-refractivity contribution in [1.29, 1.82) is 0 Å². The topological polar surface area (TPSA) is 37.4 Å². The van der Waals surface area contributed by atoms with E-state index in [1.165, 1.54) is 0 Å². The van der Waals surface area contributed by atoms with Crippen LogP contribution < -0.4 is 0 Å². The van der Waals surface area contributed by atoms with E-state index in [1.807, 2.05) is 90.4 Å². The van der Waals surface area contributed by atoms with E-state index < -0.39 is 2.86 Å². The highest BCUT2D eigenvalue weighted by atomic mass is 127. The normalized spacial score (nSPS) is 26.6. The number of rotatable bonds is 0. The molecule has 0 bridgehead atoms. The molecule has 0 saturated carbocycles. The maximum Gasteiger partial charge on any atom is 0.268 e. The van der Waals surface area contributed by atoms with Gasteiger partial charge in [0.2, 0.25) is 0 Å². The first kappa shape index (κ1) is 12.6. The first-order valence-corrected chi connectivity index (χ1v) is 7.55. The van der Waals surface area contributed by atoms with Crippen molar-refractivity contribution in [1.82, 2.24) is 3.93 Å². The third-order valence-electron chi connectivity index (χ3n) is 1.29. The highest BCUT2D eigenvalue weighted by Gasteiger charge is 2.65. The Bertz CT molecular complexity index is 240. The monoisotopic (exact) mass is 681 g/mol. The van der Waals surface area contributed by atoms with Crippen molar-refractivity contribution in [3.8, 4) is 0 Å². The number of carbonyl (C=O) groups is 2. The predicted molar refractivity (Wildman–Crippen MR) is 82.3 cm³/mol. The Balaban J connectivity index is 3.24. The van der Waals surface area contributed by atoms with Crippen LogP contribution in [0.15, 0.2) is 0 Å². The van der Waals surface area contributed by atoms with Gasteiger partial charge in [0.05, 0.1) is 16.1 Å². The van der Waals surface area contributed by atoms with Crippen LogP contribution in [0.3, 0.4) is 0 Å². The first-order valence-electron chi connectivity index (χ1n) is 2.53. The molecule has 1 heterocycles. The van der Waals surface area contributed by atoms with Gasteiger partial charge >= 0.3 is 0 Å². The first-order chi connectivity index (χ1) is 5.23. The lowest BCUT2D eigenvalue weighted by Gasteiger charge is -2.20. The summed E-state index contributed by atoms with van der Waals surface area (Å²) in [5, 5.41) is 0. The van der Waals surface area contributed by atoms with Crippen LogP contribution in [0.2, 0.25) is 0 Å². The minimum atomic E-state index is -0.704. The van der Waals surface area contributed by atoms with Crippen molar-refractivity contribution in [3.63, 3.8) is 0 Å². The molecule has 0 aromatic rings. The average molecular weight is 682 g/mol. The van der Waals surface area contributed by atoms with Crippen LogP contribution in [0.25, 0.3) is 0 Å². The van der Waals surface area contributed by atoms with E-state index in [-0.39, 0.29) is 11.8 Å². The summed E-state index contributed by atoms with van der Waals surface area (Å²) in [5.74, 6) is -0.421. The van der Waals surface area contributed by atoms with E-state index in [0.717, 1.165) is 3.93 Å². The molecule has 0 atom stereocenters. The van der Waals surface area contributed by atoms with Crippen molar-refractivity contribution >= 4 is 118 Å². The lowest BCUT2D eigenvalue weighted by Crippen LogP contribution is -2.36. The van der Waals surface area contributed by atoms with Gasteiger partial charge in [-0.1, -0.05) is 90.4 Å². The van der Waals surface area contributed by atoms with Gasteiger partial charge in [0, 0.05) is 0 Å². The van der Waals surface area contributed by atoms with Crippen LogP contribution >= 0.6 is 107 Å². The Labute approximate surface area is 132 Å². The molecule has 8 heteroatoms. The summed E-state index contributed by atoms with van der Waals surface area (Å²) in [6.07, 6.45) is 0. The van der Waals surface area contributed by atoms with Gasteiger partial charge in [0.1, 0.15) is 0 Å². The van der Waals surface area contributed by atoms with Gasteiger partial charge in [-0.2, -0.15) is 0 Å². The van der Waals surface area contributed by atoms with Crippen LogP contribution in [0.4, 0.5) is 0 Å². The van der Waals surface area contributed by atoms with Crippen LogP contribution in [0, 0.1) is 0 Å². The second-order valence-electron chi connectivity index (χ2n) is 2.04. The fourth-order valence-corrected chi connectivity index (χ4v) is 4.35. The zero-order chi connectivity index (χ0) is 9.73. The van der Waals surface area contributed by atoms with E-state index in [2.05, 4.69) is 16.1 Å². The van der Waals surface area contributed by atoms with E-state index in [0.29, 0.717) is 0 Å². The van der Waals surface area contributed by atoms with E-state index >= 15 is 0 Å². The maximum absolute atomic E-state index is 11.5. The molecule has 2 amide bonds. The maximum atomic E-state index is 11.5. The molecule has 1 aliphatic heterocycles. The molecule has 68 valence electrons. The van der Waals surface area contributed by atoms with Crippen molar-refractivity contribution in [3.05, 3.63) is 0 Å². The van der Waals surface area contributed by atoms with Gasteiger partial charge in [-0.25, -0.2) is 3.93 Å². The number of alkyl halides is 4. The number of hydrogen-bond acceptors (Lipinski definition) is 2. The van der Waals surface area contributed by atoms with Crippen molar-refractivity contribution < 1.29 is 9.59 Å². The average Bonchev–Trinajstić information content (AvgIpc) is 2.05.